The number of hydrogen-bond acceptors (Lipinski definition) is 6. The van der Waals surface area contributed by atoms with Crippen LogP contribution in [0.25, 0.3) is 6.08 Å². The zero-order chi connectivity index (χ0) is 20.8. The number of ketones is 1. The van der Waals surface area contributed by atoms with Crippen molar-refractivity contribution in [2.24, 2.45) is 0 Å². The molecule has 2 aromatic rings. The van der Waals surface area contributed by atoms with Crippen LogP contribution in [0.5, 0.6) is 17.2 Å². The quantitative estimate of drug-likeness (QED) is 0.518. The molecule has 6 nitrogen and oxygen atoms in total. The number of methoxy groups -OCH3 is 1. The van der Waals surface area contributed by atoms with Gasteiger partial charge in [-0.15, -0.1) is 0 Å². The Hall–Kier alpha value is -3.54. The van der Waals surface area contributed by atoms with Gasteiger partial charge in [0.1, 0.15) is 17.2 Å². The standard InChI is InChI=1S/C23H22O6/c1-15(2)28-22(24)14-27-17-11-12-18-21(13-17)29-20(23(18)25)10-6-8-16-7-4-5-9-19(16)26-3/h4-13,15H,14H2,1-3H3. The normalized spacial score (nSPS) is 14.2. The molecule has 0 N–H and O–H groups in total. The summed E-state index contributed by atoms with van der Waals surface area (Å²) in [4.78, 5) is 24.1. The highest BCUT2D eigenvalue weighted by atomic mass is 16.6. The van der Waals surface area contributed by atoms with Gasteiger partial charge in [0.25, 0.3) is 0 Å². The number of rotatable bonds is 7. The number of allylic oxidation sites excluding steroid dienone is 3. The van der Waals surface area contributed by atoms with E-state index in [4.69, 9.17) is 18.9 Å². The van der Waals surface area contributed by atoms with Crippen molar-refractivity contribution in [1.29, 1.82) is 0 Å². The Balaban J connectivity index is 1.68. The van der Waals surface area contributed by atoms with Crippen molar-refractivity contribution in [3.8, 4) is 17.2 Å². The van der Waals surface area contributed by atoms with E-state index in [0.29, 0.717) is 17.1 Å². The van der Waals surface area contributed by atoms with E-state index in [1.54, 1.807) is 51.3 Å². The summed E-state index contributed by atoms with van der Waals surface area (Å²) in [6.45, 7) is 3.32. The second kappa shape index (κ2) is 9.10. The molecule has 0 spiro atoms. The van der Waals surface area contributed by atoms with Crippen molar-refractivity contribution >= 4 is 17.8 Å². The highest BCUT2D eigenvalue weighted by Gasteiger charge is 2.27. The van der Waals surface area contributed by atoms with Gasteiger partial charge in [-0.25, -0.2) is 4.79 Å². The third-order valence-electron chi connectivity index (χ3n) is 4.03. The van der Waals surface area contributed by atoms with Gasteiger partial charge in [-0.3, -0.25) is 4.79 Å². The molecular formula is C23H22O6. The van der Waals surface area contributed by atoms with Crippen molar-refractivity contribution in [1.82, 2.24) is 0 Å². The monoisotopic (exact) mass is 394 g/mol. The van der Waals surface area contributed by atoms with Crippen LogP contribution < -0.4 is 14.2 Å². The van der Waals surface area contributed by atoms with E-state index < -0.39 is 5.97 Å². The molecule has 0 saturated carbocycles. The number of hydrogen-bond donors (Lipinski definition) is 0. The Morgan fingerprint density at radius 2 is 1.97 bits per heavy atom. The molecule has 6 heteroatoms. The molecule has 1 heterocycles. The first kappa shape index (κ1) is 20.2. The molecule has 0 radical (unpaired) electrons. The van der Waals surface area contributed by atoms with Crippen LogP contribution in [0.1, 0.15) is 29.8 Å². The molecule has 0 aromatic heterocycles. The molecule has 3 rings (SSSR count). The highest BCUT2D eigenvalue weighted by Crippen LogP contribution is 2.34. The molecule has 0 saturated heterocycles. The average Bonchev–Trinajstić information content (AvgIpc) is 3.01. The van der Waals surface area contributed by atoms with Gasteiger partial charge >= 0.3 is 5.97 Å². The number of fused-ring (bicyclic) bond motifs is 1. The SMILES string of the molecule is COc1ccccc1C=CC=C1Oc2cc(OCC(=O)OC(C)C)ccc2C1=O. The predicted octanol–water partition coefficient (Wildman–Crippen LogP) is 4.20. The van der Waals surface area contributed by atoms with Gasteiger partial charge in [0, 0.05) is 11.6 Å². The number of para-hydroxylation sites is 1. The number of esters is 1. The number of Topliss-reactive ketones (excluding diaryl/α,β-unsaturated/α-hetero) is 1. The van der Waals surface area contributed by atoms with Gasteiger partial charge in [-0.2, -0.15) is 0 Å². The first-order chi connectivity index (χ1) is 14.0. The van der Waals surface area contributed by atoms with E-state index in [0.717, 1.165) is 11.3 Å². The lowest BCUT2D eigenvalue weighted by Crippen LogP contribution is -2.18. The maximum Gasteiger partial charge on any atom is 0.344 e. The van der Waals surface area contributed by atoms with Crippen LogP contribution >= 0.6 is 0 Å². The van der Waals surface area contributed by atoms with E-state index in [1.165, 1.54) is 0 Å². The molecule has 0 atom stereocenters. The number of benzene rings is 2. The lowest BCUT2D eigenvalue weighted by atomic mass is 10.1. The summed E-state index contributed by atoms with van der Waals surface area (Å²) in [5.74, 6) is 1.09. The van der Waals surface area contributed by atoms with Crippen molar-refractivity contribution < 1.29 is 28.5 Å². The fraction of sp³-hybridized carbons (Fsp3) is 0.217. The van der Waals surface area contributed by atoms with Crippen LogP contribution in [0.2, 0.25) is 0 Å². The van der Waals surface area contributed by atoms with Gasteiger partial charge in [0.2, 0.25) is 5.78 Å². The third kappa shape index (κ3) is 5.04. The Kier molecular flexibility index (Phi) is 6.34. The summed E-state index contributed by atoms with van der Waals surface area (Å²) in [5.41, 5.74) is 1.33. The topological polar surface area (TPSA) is 71.1 Å². The van der Waals surface area contributed by atoms with Gasteiger partial charge in [-0.1, -0.05) is 30.4 Å². The molecular weight excluding hydrogens is 372 g/mol. The number of ether oxygens (including phenoxy) is 4. The molecule has 0 aliphatic carbocycles. The molecule has 1 aliphatic heterocycles. The number of carbonyl (C=O) groups is 2. The summed E-state index contributed by atoms with van der Waals surface area (Å²) < 4.78 is 21.4. The summed E-state index contributed by atoms with van der Waals surface area (Å²) in [7, 11) is 1.60. The zero-order valence-corrected chi connectivity index (χ0v) is 16.5. The van der Waals surface area contributed by atoms with Gasteiger partial charge in [0.15, 0.2) is 12.4 Å². The average molecular weight is 394 g/mol. The fourth-order valence-corrected chi connectivity index (χ4v) is 2.75. The minimum Gasteiger partial charge on any atom is -0.496 e. The predicted molar refractivity (Wildman–Crippen MR) is 108 cm³/mol. The Morgan fingerprint density at radius 1 is 1.17 bits per heavy atom. The van der Waals surface area contributed by atoms with Crippen molar-refractivity contribution in [3.05, 3.63) is 71.5 Å². The molecule has 0 fully saturated rings. The first-order valence-electron chi connectivity index (χ1n) is 9.18. The van der Waals surface area contributed by atoms with Crippen LogP contribution in [0.15, 0.2) is 60.4 Å². The third-order valence-corrected chi connectivity index (χ3v) is 4.03. The maximum absolute atomic E-state index is 12.5. The lowest BCUT2D eigenvalue weighted by Gasteiger charge is -2.09. The second-order valence-corrected chi connectivity index (χ2v) is 6.55. The van der Waals surface area contributed by atoms with Crippen molar-refractivity contribution in [2.75, 3.05) is 13.7 Å². The van der Waals surface area contributed by atoms with Crippen LogP contribution in [0, 0.1) is 0 Å². The van der Waals surface area contributed by atoms with E-state index in [1.807, 2.05) is 30.3 Å². The first-order valence-corrected chi connectivity index (χ1v) is 9.18. The zero-order valence-electron chi connectivity index (χ0n) is 16.5. The van der Waals surface area contributed by atoms with Crippen LogP contribution in [0.4, 0.5) is 0 Å². The summed E-state index contributed by atoms with van der Waals surface area (Å²) in [6, 6.07) is 12.4. The largest absolute Gasteiger partial charge is 0.496 e. The van der Waals surface area contributed by atoms with E-state index in [-0.39, 0.29) is 24.3 Å². The van der Waals surface area contributed by atoms with E-state index in [9.17, 15) is 9.59 Å². The molecule has 150 valence electrons. The molecule has 1 aliphatic rings. The smallest absolute Gasteiger partial charge is 0.344 e. The van der Waals surface area contributed by atoms with Gasteiger partial charge in [-0.05, 0) is 38.1 Å². The fourth-order valence-electron chi connectivity index (χ4n) is 2.75. The molecule has 2 aromatic carbocycles. The number of carbonyl (C=O) groups excluding carboxylic acids is 2. The van der Waals surface area contributed by atoms with Crippen LogP contribution in [-0.2, 0) is 9.53 Å². The van der Waals surface area contributed by atoms with Gasteiger partial charge in [0.05, 0.1) is 18.8 Å². The molecule has 0 amide bonds. The van der Waals surface area contributed by atoms with Crippen molar-refractivity contribution in [3.63, 3.8) is 0 Å². The minimum atomic E-state index is -0.459. The van der Waals surface area contributed by atoms with E-state index in [2.05, 4.69) is 0 Å². The maximum atomic E-state index is 12.5. The Bertz CT molecular complexity index is 971. The minimum absolute atomic E-state index is 0.205. The Labute approximate surface area is 169 Å². The Morgan fingerprint density at radius 3 is 2.72 bits per heavy atom. The summed E-state index contributed by atoms with van der Waals surface area (Å²) in [6.07, 6.45) is 4.97. The lowest BCUT2D eigenvalue weighted by molar-refractivity contribution is -0.149. The summed E-state index contributed by atoms with van der Waals surface area (Å²) >= 11 is 0. The second-order valence-electron chi connectivity index (χ2n) is 6.55. The van der Waals surface area contributed by atoms with Gasteiger partial charge < -0.3 is 18.9 Å². The molecule has 0 bridgehead atoms. The summed E-state index contributed by atoms with van der Waals surface area (Å²) in [5, 5.41) is 0. The van der Waals surface area contributed by atoms with Crippen molar-refractivity contribution in [2.45, 2.75) is 20.0 Å². The van der Waals surface area contributed by atoms with Crippen LogP contribution in [0.3, 0.4) is 0 Å². The molecule has 29 heavy (non-hydrogen) atoms. The van der Waals surface area contributed by atoms with E-state index >= 15 is 0 Å². The van der Waals surface area contributed by atoms with Crippen LogP contribution in [-0.4, -0.2) is 31.6 Å². The molecule has 0 unspecified atom stereocenters. The highest BCUT2D eigenvalue weighted by molar-refractivity contribution is 6.12.